The maximum absolute atomic E-state index is 13.1. The first kappa shape index (κ1) is 13.3. The maximum atomic E-state index is 13.1. The van der Waals surface area contributed by atoms with Crippen LogP contribution in [0.15, 0.2) is 23.0 Å². The number of H-pyrrole nitrogens is 1. The second-order valence-electron chi connectivity index (χ2n) is 3.87. The molecule has 2 aromatic rings. The van der Waals surface area contributed by atoms with Crippen LogP contribution in [-0.4, -0.2) is 17.0 Å². The Morgan fingerprint density at radius 1 is 1.21 bits per heavy atom. The van der Waals surface area contributed by atoms with E-state index in [9.17, 15) is 18.0 Å². The lowest BCUT2D eigenvalue weighted by Gasteiger charge is -2.05. The number of nitrogens with zero attached hydrogens (tertiary/aromatic N) is 1. The molecule has 0 fully saturated rings. The predicted molar refractivity (Wildman–Crippen MR) is 62.9 cm³/mol. The highest BCUT2D eigenvalue weighted by molar-refractivity contribution is 5.55. The Balaban J connectivity index is 2.55. The molecule has 2 rings (SSSR count). The number of hydrogen-bond acceptors (Lipinski definition) is 3. The number of hydrogen-bond donors (Lipinski definition) is 2. The van der Waals surface area contributed by atoms with Gasteiger partial charge in [-0.25, -0.2) is 18.2 Å². The molecule has 0 atom stereocenters. The van der Waals surface area contributed by atoms with Crippen LogP contribution >= 0.6 is 0 Å². The summed E-state index contributed by atoms with van der Waals surface area (Å²) in [5.41, 5.74) is -0.0850. The molecular weight excluding hydrogens is 259 g/mol. The molecule has 0 amide bonds. The zero-order valence-electron chi connectivity index (χ0n) is 9.93. The molecule has 0 spiro atoms. The van der Waals surface area contributed by atoms with Crippen LogP contribution in [-0.2, 0) is 6.54 Å². The number of halogens is 3. The van der Waals surface area contributed by atoms with Gasteiger partial charge in [-0.1, -0.05) is 0 Å². The fourth-order valence-corrected chi connectivity index (χ4v) is 1.61. The minimum Gasteiger partial charge on any atom is -0.314 e. The molecular formula is C12H10F3N3O. The highest BCUT2D eigenvalue weighted by atomic mass is 19.2. The smallest absolute Gasteiger partial charge is 0.251 e. The lowest BCUT2D eigenvalue weighted by atomic mass is 10.2. The number of aromatic amines is 1. The van der Waals surface area contributed by atoms with Crippen molar-refractivity contribution in [1.82, 2.24) is 15.3 Å². The molecule has 0 bridgehead atoms. The molecule has 0 aliphatic heterocycles. The average molecular weight is 269 g/mol. The molecule has 0 radical (unpaired) electrons. The topological polar surface area (TPSA) is 57.8 Å². The fraction of sp³-hybridized carbons (Fsp3) is 0.167. The van der Waals surface area contributed by atoms with Gasteiger partial charge in [-0.3, -0.25) is 4.79 Å². The van der Waals surface area contributed by atoms with Gasteiger partial charge in [0, 0.05) is 18.2 Å². The van der Waals surface area contributed by atoms with E-state index in [4.69, 9.17) is 0 Å². The number of nitrogens with one attached hydrogen (secondary N) is 2. The highest BCUT2D eigenvalue weighted by Crippen LogP contribution is 2.20. The molecule has 0 unspecified atom stereocenters. The summed E-state index contributed by atoms with van der Waals surface area (Å²) < 4.78 is 39.1. The monoisotopic (exact) mass is 269 g/mol. The predicted octanol–water partition coefficient (Wildman–Crippen LogP) is 1.57. The molecule has 1 aromatic heterocycles. The summed E-state index contributed by atoms with van der Waals surface area (Å²) in [5, 5.41) is 2.80. The van der Waals surface area contributed by atoms with Crippen LogP contribution in [0.4, 0.5) is 13.2 Å². The van der Waals surface area contributed by atoms with Gasteiger partial charge >= 0.3 is 0 Å². The van der Waals surface area contributed by atoms with Crippen LogP contribution in [0, 0.1) is 17.5 Å². The highest BCUT2D eigenvalue weighted by Gasteiger charge is 2.13. The van der Waals surface area contributed by atoms with Crippen molar-refractivity contribution in [3.63, 3.8) is 0 Å². The third kappa shape index (κ3) is 2.82. The second-order valence-corrected chi connectivity index (χ2v) is 3.87. The summed E-state index contributed by atoms with van der Waals surface area (Å²) in [6.07, 6.45) is 0. The maximum Gasteiger partial charge on any atom is 0.251 e. The number of rotatable bonds is 3. The van der Waals surface area contributed by atoms with Gasteiger partial charge < -0.3 is 10.3 Å². The quantitative estimate of drug-likeness (QED) is 0.832. The van der Waals surface area contributed by atoms with Gasteiger partial charge in [-0.2, -0.15) is 0 Å². The van der Waals surface area contributed by atoms with E-state index in [1.807, 2.05) is 0 Å². The van der Waals surface area contributed by atoms with Crippen LogP contribution in [0.3, 0.4) is 0 Å². The zero-order valence-corrected chi connectivity index (χ0v) is 9.93. The lowest BCUT2D eigenvalue weighted by Crippen LogP contribution is -2.15. The molecule has 7 heteroatoms. The van der Waals surface area contributed by atoms with Crippen molar-refractivity contribution in [2.75, 3.05) is 7.05 Å². The summed E-state index contributed by atoms with van der Waals surface area (Å²) in [7, 11) is 1.67. The SMILES string of the molecule is CNCc1cc(=O)[nH]c(-c2cc(F)c(F)c(F)c2)n1. The first-order chi connectivity index (χ1) is 9.01. The molecule has 1 heterocycles. The molecule has 2 N–H and O–H groups in total. The second kappa shape index (κ2) is 5.23. The number of benzene rings is 1. The summed E-state index contributed by atoms with van der Waals surface area (Å²) in [6.45, 7) is 0.322. The third-order valence-electron chi connectivity index (χ3n) is 2.41. The van der Waals surface area contributed by atoms with Gasteiger partial charge in [-0.05, 0) is 19.2 Å². The molecule has 4 nitrogen and oxygen atoms in total. The van der Waals surface area contributed by atoms with Crippen LogP contribution in [0.5, 0.6) is 0 Å². The molecule has 0 aliphatic rings. The van der Waals surface area contributed by atoms with E-state index < -0.39 is 23.0 Å². The van der Waals surface area contributed by atoms with Crippen molar-refractivity contribution in [1.29, 1.82) is 0 Å². The van der Waals surface area contributed by atoms with Crippen molar-refractivity contribution in [3.8, 4) is 11.4 Å². The van der Waals surface area contributed by atoms with Crippen molar-refractivity contribution in [2.45, 2.75) is 6.54 Å². The van der Waals surface area contributed by atoms with E-state index in [1.165, 1.54) is 6.07 Å². The fourth-order valence-electron chi connectivity index (χ4n) is 1.61. The minimum absolute atomic E-state index is 0.0180. The van der Waals surface area contributed by atoms with Crippen LogP contribution in [0.25, 0.3) is 11.4 Å². The first-order valence-corrected chi connectivity index (χ1v) is 5.41. The molecule has 1 aromatic carbocycles. The Labute approximate surface area is 106 Å². The van der Waals surface area contributed by atoms with Gasteiger partial charge in [0.2, 0.25) is 0 Å². The molecule has 0 saturated carbocycles. The molecule has 19 heavy (non-hydrogen) atoms. The Hall–Kier alpha value is -2.15. The van der Waals surface area contributed by atoms with E-state index in [2.05, 4.69) is 15.3 Å². The summed E-state index contributed by atoms with van der Waals surface area (Å²) in [6, 6.07) is 2.82. The van der Waals surface area contributed by atoms with E-state index in [0.29, 0.717) is 12.2 Å². The van der Waals surface area contributed by atoms with Crippen molar-refractivity contribution < 1.29 is 13.2 Å². The Bertz CT molecular complexity index is 647. The summed E-state index contributed by atoms with van der Waals surface area (Å²) in [5.74, 6) is -4.25. The van der Waals surface area contributed by atoms with Crippen molar-refractivity contribution >= 4 is 0 Å². The zero-order chi connectivity index (χ0) is 14.0. The number of aromatic nitrogens is 2. The first-order valence-electron chi connectivity index (χ1n) is 5.41. The Kier molecular flexibility index (Phi) is 3.66. The third-order valence-corrected chi connectivity index (χ3v) is 2.41. The van der Waals surface area contributed by atoms with Crippen molar-refractivity contribution in [3.05, 3.63) is 51.7 Å². The van der Waals surface area contributed by atoms with Crippen LogP contribution < -0.4 is 10.9 Å². The van der Waals surface area contributed by atoms with Crippen LogP contribution in [0.2, 0.25) is 0 Å². The largest absolute Gasteiger partial charge is 0.314 e. The van der Waals surface area contributed by atoms with Gasteiger partial charge in [0.15, 0.2) is 17.5 Å². The summed E-state index contributed by atoms with van der Waals surface area (Å²) >= 11 is 0. The average Bonchev–Trinajstić information content (AvgIpc) is 2.35. The Morgan fingerprint density at radius 3 is 2.42 bits per heavy atom. The molecule has 0 aliphatic carbocycles. The van der Waals surface area contributed by atoms with Gasteiger partial charge in [0.1, 0.15) is 5.82 Å². The van der Waals surface area contributed by atoms with Crippen molar-refractivity contribution in [2.24, 2.45) is 0 Å². The van der Waals surface area contributed by atoms with E-state index >= 15 is 0 Å². The minimum atomic E-state index is -1.56. The molecule has 0 saturated heterocycles. The normalized spacial score (nSPS) is 10.7. The van der Waals surface area contributed by atoms with Gasteiger partial charge in [0.05, 0.1) is 5.69 Å². The van der Waals surface area contributed by atoms with E-state index in [-0.39, 0.29) is 11.4 Å². The van der Waals surface area contributed by atoms with Gasteiger partial charge in [-0.15, -0.1) is 0 Å². The molecule has 100 valence electrons. The van der Waals surface area contributed by atoms with E-state index in [0.717, 1.165) is 12.1 Å². The van der Waals surface area contributed by atoms with Crippen LogP contribution in [0.1, 0.15) is 5.69 Å². The lowest BCUT2D eigenvalue weighted by molar-refractivity contribution is 0.447. The summed E-state index contributed by atoms with van der Waals surface area (Å²) in [4.78, 5) is 17.8. The van der Waals surface area contributed by atoms with E-state index in [1.54, 1.807) is 7.05 Å². The van der Waals surface area contributed by atoms with Gasteiger partial charge in [0.25, 0.3) is 5.56 Å². The standard InChI is InChI=1S/C12H10F3N3O/c1-16-5-7-4-10(19)18-12(17-7)6-2-8(13)11(15)9(14)3-6/h2-4,16H,5H2,1H3,(H,17,18,19). The Morgan fingerprint density at radius 2 is 1.84 bits per heavy atom.